The van der Waals surface area contributed by atoms with Gasteiger partial charge in [0.2, 0.25) is 0 Å². The molecule has 0 bridgehead atoms. The second-order valence-corrected chi connectivity index (χ2v) is 8.02. The van der Waals surface area contributed by atoms with E-state index in [2.05, 4.69) is 10.3 Å². The number of hydrogen-bond donors (Lipinski definition) is 1. The topological polar surface area (TPSA) is 31.4 Å². The maximum Gasteiger partial charge on any atom is 0.417 e. The lowest BCUT2D eigenvalue weighted by molar-refractivity contribution is -0.137. The minimum absolute atomic E-state index is 0.0233. The zero-order valence-electron chi connectivity index (χ0n) is 14.9. The molecular formula is C18H16Cl3F3N4S. The van der Waals surface area contributed by atoms with Crippen molar-refractivity contribution in [2.45, 2.75) is 12.6 Å². The lowest BCUT2D eigenvalue weighted by atomic mass is 10.2. The number of aromatic nitrogens is 1. The number of rotatable bonds is 2. The van der Waals surface area contributed by atoms with E-state index in [0.717, 1.165) is 24.4 Å². The molecule has 1 aliphatic heterocycles. The Morgan fingerprint density at radius 3 is 2.41 bits per heavy atom. The van der Waals surface area contributed by atoms with Gasteiger partial charge in [0.05, 0.1) is 20.6 Å². The number of anilines is 2. The van der Waals surface area contributed by atoms with Gasteiger partial charge in [-0.15, -0.1) is 0 Å². The summed E-state index contributed by atoms with van der Waals surface area (Å²) in [5.41, 5.74) is -0.146. The first-order valence-electron chi connectivity index (χ1n) is 8.64. The van der Waals surface area contributed by atoms with Gasteiger partial charge in [-0.1, -0.05) is 34.8 Å². The van der Waals surface area contributed by atoms with Crippen LogP contribution in [0.2, 0.25) is 15.1 Å². The molecule has 0 unspecified atom stereocenters. The van der Waals surface area contributed by atoms with Crippen LogP contribution in [-0.2, 0) is 6.18 Å². The molecule has 1 fully saturated rings. The molecule has 0 aliphatic carbocycles. The average Bonchev–Trinajstić information content (AvgIpc) is 2.90. The molecule has 1 saturated heterocycles. The van der Waals surface area contributed by atoms with E-state index >= 15 is 0 Å². The van der Waals surface area contributed by atoms with Crippen molar-refractivity contribution in [3.63, 3.8) is 0 Å². The van der Waals surface area contributed by atoms with Crippen molar-refractivity contribution in [2.24, 2.45) is 0 Å². The second kappa shape index (κ2) is 9.12. The van der Waals surface area contributed by atoms with E-state index < -0.39 is 11.7 Å². The second-order valence-electron chi connectivity index (χ2n) is 6.41. The van der Waals surface area contributed by atoms with Gasteiger partial charge in [-0.05, 0) is 42.9 Å². The zero-order chi connectivity index (χ0) is 21.2. The van der Waals surface area contributed by atoms with Crippen LogP contribution in [0.4, 0.5) is 24.7 Å². The lowest BCUT2D eigenvalue weighted by Gasteiger charge is -2.25. The summed E-state index contributed by atoms with van der Waals surface area (Å²) in [6.45, 7) is 2.36. The fourth-order valence-electron chi connectivity index (χ4n) is 2.93. The first-order chi connectivity index (χ1) is 13.6. The highest BCUT2D eigenvalue weighted by Gasteiger charge is 2.32. The summed E-state index contributed by atoms with van der Waals surface area (Å²) < 4.78 is 38.5. The molecule has 4 nitrogen and oxygen atoms in total. The number of nitrogens with one attached hydrogen (secondary N) is 1. The molecule has 3 rings (SSSR count). The quantitative estimate of drug-likeness (QED) is 0.532. The molecule has 1 aromatic heterocycles. The van der Waals surface area contributed by atoms with Crippen molar-refractivity contribution in [1.29, 1.82) is 0 Å². The van der Waals surface area contributed by atoms with Crippen LogP contribution in [-0.4, -0.2) is 41.2 Å². The number of benzene rings is 1. The first-order valence-corrected chi connectivity index (χ1v) is 10.2. The number of thiocarbonyl (C=S) groups is 1. The standard InChI is InChI=1S/C18H16Cl3F3N4S/c19-13-3-2-12(9-14(13)20)26-17(29)28-5-1-4-27(6-7-28)16-15(21)8-11(10-25-16)18(22,23)24/h2-3,8-10H,1,4-7H2,(H,26,29). The first kappa shape index (κ1) is 22.2. The minimum Gasteiger partial charge on any atom is -0.354 e. The molecule has 1 aliphatic rings. The molecule has 0 saturated carbocycles. The summed E-state index contributed by atoms with van der Waals surface area (Å²) in [6.07, 6.45) is -2.93. The van der Waals surface area contributed by atoms with Crippen LogP contribution in [0.1, 0.15) is 12.0 Å². The minimum atomic E-state index is -4.48. The molecule has 11 heteroatoms. The van der Waals surface area contributed by atoms with Gasteiger partial charge in [0.25, 0.3) is 0 Å². The third-order valence-electron chi connectivity index (χ3n) is 4.40. The Kier molecular flexibility index (Phi) is 6.98. The van der Waals surface area contributed by atoms with Gasteiger partial charge in [-0.2, -0.15) is 13.2 Å². The lowest BCUT2D eigenvalue weighted by Crippen LogP contribution is -2.38. The smallest absolute Gasteiger partial charge is 0.354 e. The van der Waals surface area contributed by atoms with Crippen molar-refractivity contribution >= 4 is 63.6 Å². The van der Waals surface area contributed by atoms with Crippen LogP contribution in [0.25, 0.3) is 0 Å². The Balaban J connectivity index is 1.65. The third kappa shape index (κ3) is 5.57. The molecule has 29 heavy (non-hydrogen) atoms. The predicted octanol–water partition coefficient (Wildman–Crippen LogP) is 5.97. The van der Waals surface area contributed by atoms with E-state index in [1.807, 2.05) is 9.80 Å². The highest BCUT2D eigenvalue weighted by Crippen LogP contribution is 2.33. The normalized spacial score (nSPS) is 15.2. The summed E-state index contributed by atoms with van der Waals surface area (Å²) in [6, 6.07) is 6.04. The Hall–Kier alpha value is -1.48. The number of alkyl halides is 3. The molecule has 1 N–H and O–H groups in total. The van der Waals surface area contributed by atoms with Gasteiger partial charge < -0.3 is 15.1 Å². The number of hydrogen-bond acceptors (Lipinski definition) is 3. The molecular weight excluding hydrogens is 468 g/mol. The fraction of sp³-hybridized carbons (Fsp3) is 0.333. The van der Waals surface area contributed by atoms with Crippen LogP contribution < -0.4 is 10.2 Å². The van der Waals surface area contributed by atoms with Crippen molar-refractivity contribution in [3.05, 3.63) is 51.1 Å². The van der Waals surface area contributed by atoms with Crippen molar-refractivity contribution in [1.82, 2.24) is 9.88 Å². The highest BCUT2D eigenvalue weighted by atomic mass is 35.5. The van der Waals surface area contributed by atoms with Gasteiger partial charge >= 0.3 is 6.18 Å². The van der Waals surface area contributed by atoms with Crippen LogP contribution >= 0.6 is 47.0 Å². The summed E-state index contributed by atoms with van der Waals surface area (Å²) in [4.78, 5) is 7.79. The fourth-order valence-corrected chi connectivity index (χ4v) is 3.81. The van der Waals surface area contributed by atoms with E-state index in [4.69, 9.17) is 47.0 Å². The summed E-state index contributed by atoms with van der Waals surface area (Å²) in [5.74, 6) is 0.338. The third-order valence-corrected chi connectivity index (χ3v) is 5.78. The maximum atomic E-state index is 12.8. The van der Waals surface area contributed by atoms with Crippen LogP contribution in [0.3, 0.4) is 0 Å². The van der Waals surface area contributed by atoms with E-state index in [0.29, 0.717) is 47.2 Å². The largest absolute Gasteiger partial charge is 0.417 e. The maximum absolute atomic E-state index is 12.8. The molecule has 0 amide bonds. The molecule has 1 aromatic carbocycles. The molecule has 0 atom stereocenters. The van der Waals surface area contributed by atoms with Crippen molar-refractivity contribution in [2.75, 3.05) is 36.4 Å². The van der Waals surface area contributed by atoms with Gasteiger partial charge in [-0.25, -0.2) is 4.98 Å². The van der Waals surface area contributed by atoms with Crippen LogP contribution in [0.15, 0.2) is 30.5 Å². The van der Waals surface area contributed by atoms with Gasteiger partial charge in [0.1, 0.15) is 5.82 Å². The van der Waals surface area contributed by atoms with Gasteiger partial charge in [0, 0.05) is 38.1 Å². The summed E-state index contributed by atoms with van der Waals surface area (Å²) in [5, 5.41) is 4.50. The Labute approximate surface area is 186 Å². The molecule has 0 spiro atoms. The molecule has 0 radical (unpaired) electrons. The average molecular weight is 484 g/mol. The zero-order valence-corrected chi connectivity index (χ0v) is 18.0. The Bertz CT molecular complexity index is 910. The van der Waals surface area contributed by atoms with Crippen LogP contribution in [0.5, 0.6) is 0 Å². The summed E-state index contributed by atoms with van der Waals surface area (Å²) in [7, 11) is 0. The number of nitrogens with zero attached hydrogens (tertiary/aromatic N) is 3. The van der Waals surface area contributed by atoms with E-state index in [1.54, 1.807) is 18.2 Å². The SMILES string of the molecule is FC(F)(F)c1cnc(N2CCCN(C(=S)Nc3ccc(Cl)c(Cl)c3)CC2)c(Cl)c1. The van der Waals surface area contributed by atoms with Crippen LogP contribution in [0, 0.1) is 0 Å². The predicted molar refractivity (Wildman–Crippen MR) is 115 cm³/mol. The number of halogens is 6. The van der Waals surface area contributed by atoms with E-state index in [1.165, 1.54) is 0 Å². The molecule has 156 valence electrons. The Morgan fingerprint density at radius 2 is 1.76 bits per heavy atom. The molecule has 2 heterocycles. The van der Waals surface area contributed by atoms with Crippen molar-refractivity contribution < 1.29 is 13.2 Å². The Morgan fingerprint density at radius 1 is 1.00 bits per heavy atom. The number of pyridine rings is 1. The molecule has 2 aromatic rings. The van der Waals surface area contributed by atoms with Gasteiger partial charge in [-0.3, -0.25) is 0 Å². The van der Waals surface area contributed by atoms with Crippen molar-refractivity contribution in [3.8, 4) is 0 Å². The highest BCUT2D eigenvalue weighted by molar-refractivity contribution is 7.80. The monoisotopic (exact) mass is 482 g/mol. The van der Waals surface area contributed by atoms with Gasteiger partial charge in [0.15, 0.2) is 5.11 Å². The summed E-state index contributed by atoms with van der Waals surface area (Å²) >= 11 is 23.5. The van der Waals surface area contributed by atoms with E-state index in [-0.39, 0.29) is 5.02 Å². The van der Waals surface area contributed by atoms with E-state index in [9.17, 15) is 13.2 Å².